The number of aryl methyl sites for hydroxylation is 1. The van der Waals surface area contributed by atoms with Gasteiger partial charge in [0.15, 0.2) is 0 Å². The lowest BCUT2D eigenvalue weighted by Gasteiger charge is -2.06. The van der Waals surface area contributed by atoms with Crippen molar-refractivity contribution in [3.05, 3.63) is 35.1 Å². The molecule has 0 heterocycles. The summed E-state index contributed by atoms with van der Waals surface area (Å²) < 4.78 is 17.6. The first kappa shape index (κ1) is 11.5. The minimum absolute atomic E-state index is 0.209. The van der Waals surface area contributed by atoms with E-state index < -0.39 is 6.09 Å². The number of hydrogen-bond acceptors (Lipinski definition) is 2. The van der Waals surface area contributed by atoms with Crippen LogP contribution >= 0.6 is 0 Å². The zero-order chi connectivity index (χ0) is 11.3. The highest BCUT2D eigenvalue weighted by Crippen LogP contribution is 2.11. The summed E-state index contributed by atoms with van der Waals surface area (Å²) >= 11 is 0. The van der Waals surface area contributed by atoms with Crippen molar-refractivity contribution in [2.24, 2.45) is 0 Å². The van der Waals surface area contributed by atoms with Gasteiger partial charge < -0.3 is 10.1 Å². The third-order valence-electron chi connectivity index (χ3n) is 2.11. The number of alkyl carbamates (subject to hydrolysis) is 1. The Kier molecular flexibility index (Phi) is 4.09. The topological polar surface area (TPSA) is 38.3 Å². The smallest absolute Gasteiger partial charge is 0.407 e. The largest absolute Gasteiger partial charge is 0.453 e. The van der Waals surface area contributed by atoms with Crippen molar-refractivity contribution in [2.75, 3.05) is 7.11 Å². The Bertz CT molecular complexity index is 352. The number of ether oxygens (including phenoxy) is 1. The minimum atomic E-state index is -0.489. The van der Waals surface area contributed by atoms with Gasteiger partial charge in [-0.1, -0.05) is 19.1 Å². The van der Waals surface area contributed by atoms with Gasteiger partial charge in [-0.3, -0.25) is 0 Å². The first-order chi connectivity index (χ1) is 7.17. The fourth-order valence-corrected chi connectivity index (χ4v) is 1.26. The molecule has 0 aliphatic heterocycles. The van der Waals surface area contributed by atoms with Crippen LogP contribution in [0.25, 0.3) is 0 Å². The molecule has 0 saturated heterocycles. The molecule has 0 bridgehead atoms. The van der Waals surface area contributed by atoms with Crippen molar-refractivity contribution < 1.29 is 13.9 Å². The quantitative estimate of drug-likeness (QED) is 0.832. The van der Waals surface area contributed by atoms with Crippen molar-refractivity contribution in [1.29, 1.82) is 0 Å². The van der Waals surface area contributed by atoms with Crippen LogP contribution in [0.15, 0.2) is 18.2 Å². The van der Waals surface area contributed by atoms with Crippen LogP contribution in [0.1, 0.15) is 18.1 Å². The lowest BCUT2D eigenvalue weighted by Crippen LogP contribution is -2.22. The molecule has 3 nitrogen and oxygen atoms in total. The Balaban J connectivity index is 2.66. The van der Waals surface area contributed by atoms with Gasteiger partial charge in [-0.25, -0.2) is 9.18 Å². The van der Waals surface area contributed by atoms with Crippen LogP contribution in [-0.2, 0) is 17.7 Å². The summed E-state index contributed by atoms with van der Waals surface area (Å²) in [6.45, 7) is 2.23. The highest BCUT2D eigenvalue weighted by Gasteiger charge is 2.03. The molecule has 1 aromatic rings. The van der Waals surface area contributed by atoms with Crippen LogP contribution in [-0.4, -0.2) is 13.2 Å². The average molecular weight is 211 g/mol. The number of methoxy groups -OCH3 is 1. The molecule has 0 unspecified atom stereocenters. The summed E-state index contributed by atoms with van der Waals surface area (Å²) in [6.07, 6.45) is 0.148. The van der Waals surface area contributed by atoms with Gasteiger partial charge in [0.2, 0.25) is 0 Å². The molecule has 1 aromatic carbocycles. The molecule has 0 fully saturated rings. The van der Waals surface area contributed by atoms with Crippen LogP contribution in [0.4, 0.5) is 9.18 Å². The third kappa shape index (κ3) is 3.23. The van der Waals surface area contributed by atoms with E-state index in [1.54, 1.807) is 12.1 Å². The molecular weight excluding hydrogens is 197 g/mol. The molecule has 0 atom stereocenters. The number of hydrogen-bond donors (Lipinski definition) is 1. The normalized spacial score (nSPS) is 9.80. The van der Waals surface area contributed by atoms with E-state index in [-0.39, 0.29) is 5.82 Å². The summed E-state index contributed by atoms with van der Waals surface area (Å²) in [5.41, 5.74) is 1.51. The summed E-state index contributed by atoms with van der Waals surface area (Å²) in [5, 5.41) is 2.54. The van der Waals surface area contributed by atoms with E-state index in [9.17, 15) is 9.18 Å². The second-order valence-corrected chi connectivity index (χ2v) is 3.12. The highest BCUT2D eigenvalue weighted by atomic mass is 19.1. The summed E-state index contributed by atoms with van der Waals surface area (Å²) in [5.74, 6) is -0.209. The molecular formula is C11H14FNO2. The van der Waals surface area contributed by atoms with E-state index in [1.807, 2.05) is 6.92 Å². The maximum atomic E-state index is 13.1. The predicted octanol–water partition coefficient (Wildman–Crippen LogP) is 2.24. The zero-order valence-electron chi connectivity index (χ0n) is 8.84. The van der Waals surface area contributed by atoms with Gasteiger partial charge in [-0.15, -0.1) is 0 Å². The second-order valence-electron chi connectivity index (χ2n) is 3.12. The van der Waals surface area contributed by atoms with Gasteiger partial charge in [-0.05, 0) is 23.6 Å². The van der Waals surface area contributed by atoms with Gasteiger partial charge in [0.25, 0.3) is 0 Å². The number of nitrogens with one attached hydrogen (secondary N) is 1. The highest BCUT2D eigenvalue weighted by molar-refractivity contribution is 5.66. The molecule has 0 aliphatic carbocycles. The Morgan fingerprint density at radius 3 is 2.87 bits per heavy atom. The van der Waals surface area contributed by atoms with Crippen LogP contribution in [0.2, 0.25) is 0 Å². The average Bonchev–Trinajstić information content (AvgIpc) is 2.27. The maximum absolute atomic E-state index is 13.1. The number of benzene rings is 1. The zero-order valence-corrected chi connectivity index (χ0v) is 8.84. The molecule has 1 N–H and O–H groups in total. The van der Waals surface area contributed by atoms with Crippen molar-refractivity contribution in [2.45, 2.75) is 19.9 Å². The number of carbonyl (C=O) groups excluding carboxylic acids is 1. The number of carbonyl (C=O) groups is 1. The molecule has 0 saturated carbocycles. The van der Waals surface area contributed by atoms with Crippen molar-refractivity contribution in [3.63, 3.8) is 0 Å². The van der Waals surface area contributed by atoms with E-state index >= 15 is 0 Å². The maximum Gasteiger partial charge on any atom is 0.407 e. The van der Waals surface area contributed by atoms with Gasteiger partial charge in [0.1, 0.15) is 5.82 Å². The van der Waals surface area contributed by atoms with Crippen molar-refractivity contribution >= 4 is 6.09 Å². The fourth-order valence-electron chi connectivity index (χ4n) is 1.26. The van der Waals surface area contributed by atoms with Crippen LogP contribution in [0.3, 0.4) is 0 Å². The first-order valence-electron chi connectivity index (χ1n) is 4.76. The third-order valence-corrected chi connectivity index (χ3v) is 2.11. The van der Waals surface area contributed by atoms with Crippen molar-refractivity contribution in [1.82, 2.24) is 5.32 Å². The van der Waals surface area contributed by atoms with Crippen molar-refractivity contribution in [3.8, 4) is 0 Å². The first-order valence-corrected chi connectivity index (χ1v) is 4.76. The van der Waals surface area contributed by atoms with Gasteiger partial charge in [0.05, 0.1) is 7.11 Å². The fraction of sp³-hybridized carbons (Fsp3) is 0.364. The molecule has 0 aliphatic rings. The second kappa shape index (κ2) is 5.34. The van der Waals surface area contributed by atoms with Gasteiger partial charge in [0, 0.05) is 6.54 Å². The van der Waals surface area contributed by atoms with Crippen LogP contribution < -0.4 is 5.32 Å². The standard InChI is InChI=1S/C11H14FNO2/c1-3-9-6-8(4-5-10(9)12)7-13-11(14)15-2/h4-6H,3,7H2,1-2H3,(H,13,14). The van der Waals surface area contributed by atoms with E-state index in [0.29, 0.717) is 18.5 Å². The van der Waals surface area contributed by atoms with Gasteiger partial charge >= 0.3 is 6.09 Å². The number of rotatable bonds is 3. The van der Waals surface area contributed by atoms with E-state index in [2.05, 4.69) is 10.1 Å². The number of amides is 1. The Morgan fingerprint density at radius 1 is 1.53 bits per heavy atom. The van der Waals surface area contributed by atoms with E-state index in [4.69, 9.17) is 0 Å². The molecule has 4 heteroatoms. The lowest BCUT2D eigenvalue weighted by molar-refractivity contribution is 0.170. The molecule has 1 rings (SSSR count). The van der Waals surface area contributed by atoms with E-state index in [1.165, 1.54) is 13.2 Å². The molecule has 82 valence electrons. The minimum Gasteiger partial charge on any atom is -0.453 e. The Labute approximate surface area is 88.2 Å². The molecule has 0 spiro atoms. The summed E-state index contributed by atoms with van der Waals surface area (Å²) in [4.78, 5) is 10.8. The van der Waals surface area contributed by atoms with E-state index in [0.717, 1.165) is 5.56 Å². The summed E-state index contributed by atoms with van der Waals surface area (Å²) in [7, 11) is 1.30. The Morgan fingerprint density at radius 2 is 2.27 bits per heavy atom. The van der Waals surface area contributed by atoms with Gasteiger partial charge in [-0.2, -0.15) is 0 Å². The summed E-state index contributed by atoms with van der Waals surface area (Å²) in [6, 6.07) is 4.79. The van der Waals surface area contributed by atoms with Crippen LogP contribution in [0.5, 0.6) is 0 Å². The molecule has 0 aromatic heterocycles. The predicted molar refractivity (Wildman–Crippen MR) is 55.0 cm³/mol. The number of halogens is 1. The molecule has 0 radical (unpaired) electrons. The lowest BCUT2D eigenvalue weighted by atomic mass is 10.1. The Hall–Kier alpha value is -1.58. The SMILES string of the molecule is CCc1cc(CNC(=O)OC)ccc1F. The monoisotopic (exact) mass is 211 g/mol. The van der Waals surface area contributed by atoms with Crippen LogP contribution in [0, 0.1) is 5.82 Å². The molecule has 15 heavy (non-hydrogen) atoms. The molecule has 1 amide bonds.